The molecule has 6 heteroatoms. The predicted octanol–water partition coefficient (Wildman–Crippen LogP) is 3.28. The van der Waals surface area contributed by atoms with Crippen molar-refractivity contribution in [3.05, 3.63) is 59.9 Å². The molecule has 0 atom stereocenters. The molecule has 0 aliphatic heterocycles. The lowest BCUT2D eigenvalue weighted by atomic mass is 10.2. The molecule has 0 spiro atoms. The third kappa shape index (κ3) is 2.96. The number of hydrogen-bond donors (Lipinski definition) is 1. The van der Waals surface area contributed by atoms with E-state index in [4.69, 9.17) is 5.21 Å². The fourth-order valence-electron chi connectivity index (χ4n) is 1.80. The number of oxime groups is 1. The van der Waals surface area contributed by atoms with Gasteiger partial charge in [-0.05, 0) is 17.7 Å². The molecule has 0 amide bonds. The third-order valence-corrected chi connectivity index (χ3v) is 2.64. The Kier molecular flexibility index (Phi) is 3.59. The largest absolute Gasteiger partial charge is 0.438 e. The summed E-state index contributed by atoms with van der Waals surface area (Å²) in [4.78, 5) is 0. The van der Waals surface area contributed by atoms with E-state index in [0.717, 1.165) is 5.56 Å². The van der Waals surface area contributed by atoms with E-state index in [9.17, 15) is 13.2 Å². The van der Waals surface area contributed by atoms with Crippen LogP contribution in [0.1, 0.15) is 11.3 Å². The summed E-state index contributed by atoms with van der Waals surface area (Å²) >= 11 is 0. The SMILES string of the molecule is O/N=C(\c1cccn1Cc1ccccc1)C(F)(F)F. The maximum atomic E-state index is 12.7. The maximum absolute atomic E-state index is 12.7. The van der Waals surface area contributed by atoms with Gasteiger partial charge in [-0.3, -0.25) is 0 Å². The van der Waals surface area contributed by atoms with Crippen molar-refractivity contribution in [3.8, 4) is 0 Å². The molecule has 1 heterocycles. The molecule has 0 bridgehead atoms. The van der Waals surface area contributed by atoms with Gasteiger partial charge in [0.2, 0.25) is 5.71 Å². The van der Waals surface area contributed by atoms with Gasteiger partial charge in [0, 0.05) is 12.7 Å². The van der Waals surface area contributed by atoms with Crippen LogP contribution in [0.4, 0.5) is 13.2 Å². The first kappa shape index (κ1) is 13.2. The van der Waals surface area contributed by atoms with Gasteiger partial charge in [0.25, 0.3) is 0 Å². The van der Waals surface area contributed by atoms with Gasteiger partial charge in [-0.1, -0.05) is 35.5 Å². The minimum atomic E-state index is -4.69. The van der Waals surface area contributed by atoms with Crippen molar-refractivity contribution < 1.29 is 18.4 Å². The first-order valence-electron chi connectivity index (χ1n) is 5.51. The Morgan fingerprint density at radius 2 is 1.79 bits per heavy atom. The van der Waals surface area contributed by atoms with Gasteiger partial charge in [0.05, 0.1) is 5.69 Å². The maximum Gasteiger partial charge on any atom is 0.438 e. The molecule has 0 saturated carbocycles. The highest BCUT2D eigenvalue weighted by Gasteiger charge is 2.39. The van der Waals surface area contributed by atoms with E-state index >= 15 is 0 Å². The van der Waals surface area contributed by atoms with Gasteiger partial charge >= 0.3 is 6.18 Å². The second-order valence-electron chi connectivity index (χ2n) is 3.95. The highest BCUT2D eigenvalue weighted by molar-refractivity contribution is 6.03. The summed E-state index contributed by atoms with van der Waals surface area (Å²) in [7, 11) is 0. The van der Waals surface area contributed by atoms with E-state index in [1.165, 1.54) is 22.9 Å². The highest BCUT2D eigenvalue weighted by Crippen LogP contribution is 2.23. The highest BCUT2D eigenvalue weighted by atomic mass is 19.4. The third-order valence-electron chi connectivity index (χ3n) is 2.64. The van der Waals surface area contributed by atoms with Crippen LogP contribution in [0.2, 0.25) is 0 Å². The quantitative estimate of drug-likeness (QED) is 0.518. The van der Waals surface area contributed by atoms with Crippen LogP contribution in [0, 0.1) is 0 Å². The van der Waals surface area contributed by atoms with Crippen LogP contribution in [-0.2, 0) is 6.54 Å². The van der Waals surface area contributed by atoms with Crippen molar-refractivity contribution in [2.45, 2.75) is 12.7 Å². The van der Waals surface area contributed by atoms with E-state index < -0.39 is 11.9 Å². The molecule has 0 fully saturated rings. The molecule has 0 radical (unpaired) electrons. The minimum absolute atomic E-state index is 0.168. The van der Waals surface area contributed by atoms with Crippen molar-refractivity contribution in [3.63, 3.8) is 0 Å². The Bertz CT molecular complexity index is 573. The van der Waals surface area contributed by atoms with Crippen LogP contribution in [0.25, 0.3) is 0 Å². The molecular weight excluding hydrogens is 257 g/mol. The van der Waals surface area contributed by atoms with E-state index in [1.807, 2.05) is 30.3 Å². The summed E-state index contributed by atoms with van der Waals surface area (Å²) in [6.45, 7) is 0.276. The molecule has 1 N–H and O–H groups in total. The summed E-state index contributed by atoms with van der Waals surface area (Å²) in [6, 6.07) is 11.8. The van der Waals surface area contributed by atoms with Crippen LogP contribution < -0.4 is 0 Å². The molecule has 0 aliphatic rings. The van der Waals surface area contributed by atoms with Gasteiger partial charge in [0.15, 0.2) is 0 Å². The van der Waals surface area contributed by atoms with Gasteiger partial charge < -0.3 is 9.77 Å². The lowest BCUT2D eigenvalue weighted by Gasteiger charge is -2.12. The molecule has 2 rings (SSSR count). The van der Waals surface area contributed by atoms with E-state index in [-0.39, 0.29) is 12.2 Å². The zero-order valence-electron chi connectivity index (χ0n) is 9.80. The molecule has 19 heavy (non-hydrogen) atoms. The molecule has 100 valence electrons. The van der Waals surface area contributed by atoms with Crippen LogP contribution in [0.15, 0.2) is 53.8 Å². The Hall–Kier alpha value is -2.24. The summed E-state index contributed by atoms with van der Waals surface area (Å²) in [5.41, 5.74) is -0.605. The zero-order chi connectivity index (χ0) is 13.9. The van der Waals surface area contributed by atoms with Crippen molar-refractivity contribution in [1.82, 2.24) is 4.57 Å². The molecule has 1 aromatic carbocycles. The summed E-state index contributed by atoms with van der Waals surface area (Å²) < 4.78 is 39.5. The van der Waals surface area contributed by atoms with E-state index in [0.29, 0.717) is 0 Å². The van der Waals surface area contributed by atoms with Gasteiger partial charge in [0.1, 0.15) is 0 Å². The van der Waals surface area contributed by atoms with Crippen LogP contribution >= 0.6 is 0 Å². The number of nitrogens with zero attached hydrogens (tertiary/aromatic N) is 2. The number of rotatable bonds is 3. The predicted molar refractivity (Wildman–Crippen MR) is 64.4 cm³/mol. The average molecular weight is 268 g/mol. The van der Waals surface area contributed by atoms with E-state index in [1.54, 1.807) is 0 Å². The van der Waals surface area contributed by atoms with Gasteiger partial charge in [-0.2, -0.15) is 13.2 Å². The number of aromatic nitrogens is 1. The Morgan fingerprint density at radius 3 is 2.37 bits per heavy atom. The topological polar surface area (TPSA) is 37.5 Å². The summed E-state index contributed by atoms with van der Waals surface area (Å²) in [5.74, 6) is 0. The molecule has 0 saturated heterocycles. The van der Waals surface area contributed by atoms with Crippen LogP contribution in [0.5, 0.6) is 0 Å². The number of hydrogen-bond acceptors (Lipinski definition) is 2. The minimum Gasteiger partial charge on any atom is -0.410 e. The lowest BCUT2D eigenvalue weighted by molar-refractivity contribution is -0.0604. The molecule has 2 aromatic rings. The van der Waals surface area contributed by atoms with Crippen LogP contribution in [-0.4, -0.2) is 21.7 Å². The smallest absolute Gasteiger partial charge is 0.410 e. The van der Waals surface area contributed by atoms with E-state index in [2.05, 4.69) is 5.16 Å². The van der Waals surface area contributed by atoms with Gasteiger partial charge in [-0.25, -0.2) is 0 Å². The first-order valence-corrected chi connectivity index (χ1v) is 5.51. The monoisotopic (exact) mass is 268 g/mol. The molecule has 1 aromatic heterocycles. The number of alkyl halides is 3. The summed E-state index contributed by atoms with van der Waals surface area (Å²) in [6.07, 6.45) is -3.18. The standard InChI is InChI=1S/C13H11F3N2O/c14-13(15,16)12(17-19)11-7-4-8-18(11)9-10-5-2-1-3-6-10/h1-8,19H,9H2/b17-12+. The second-order valence-corrected chi connectivity index (χ2v) is 3.95. The lowest BCUT2D eigenvalue weighted by Crippen LogP contribution is -2.26. The summed E-state index contributed by atoms with van der Waals surface area (Å²) in [5, 5.41) is 11.0. The van der Waals surface area contributed by atoms with Crippen molar-refractivity contribution in [1.29, 1.82) is 0 Å². The zero-order valence-corrected chi connectivity index (χ0v) is 9.80. The van der Waals surface area contributed by atoms with Crippen molar-refractivity contribution in [2.75, 3.05) is 0 Å². The molecular formula is C13H11F3N2O. The van der Waals surface area contributed by atoms with Gasteiger partial charge in [-0.15, -0.1) is 0 Å². The molecule has 0 unspecified atom stereocenters. The Morgan fingerprint density at radius 1 is 1.11 bits per heavy atom. The van der Waals surface area contributed by atoms with Crippen molar-refractivity contribution >= 4 is 5.71 Å². The molecule has 0 aliphatic carbocycles. The number of halogens is 3. The molecule has 3 nitrogen and oxygen atoms in total. The van der Waals surface area contributed by atoms with Crippen LogP contribution in [0.3, 0.4) is 0 Å². The normalized spacial score (nSPS) is 12.7. The Labute approximate surface area is 107 Å². The first-order chi connectivity index (χ1) is 9.02. The fraction of sp³-hybridized carbons (Fsp3) is 0.154. The Balaban J connectivity index is 2.33. The fourth-order valence-corrected chi connectivity index (χ4v) is 1.80. The average Bonchev–Trinajstić information content (AvgIpc) is 2.78. The number of benzene rings is 1. The van der Waals surface area contributed by atoms with Crippen molar-refractivity contribution in [2.24, 2.45) is 5.16 Å². The second kappa shape index (κ2) is 5.17.